The van der Waals surface area contributed by atoms with Crippen LogP contribution in [0.15, 0.2) is 23.1 Å². The van der Waals surface area contributed by atoms with Crippen molar-refractivity contribution in [2.45, 2.75) is 11.3 Å². The van der Waals surface area contributed by atoms with Crippen LogP contribution in [0, 0.1) is 33.4 Å². The van der Waals surface area contributed by atoms with Gasteiger partial charge >= 0.3 is 0 Å². The predicted molar refractivity (Wildman–Crippen MR) is 84.2 cm³/mol. The maximum absolute atomic E-state index is 14.2. The van der Waals surface area contributed by atoms with E-state index in [2.05, 4.69) is 4.74 Å². The molecule has 0 atom stereocenters. The zero-order valence-corrected chi connectivity index (χ0v) is 14.3. The van der Waals surface area contributed by atoms with E-state index < -0.39 is 54.5 Å². The van der Waals surface area contributed by atoms with Gasteiger partial charge in [-0.3, -0.25) is 14.4 Å². The minimum atomic E-state index is -5.10. The van der Waals surface area contributed by atoms with Crippen LogP contribution in [-0.2, 0) is 16.4 Å². The van der Waals surface area contributed by atoms with Gasteiger partial charge in [-0.05, 0) is 12.0 Å². The Morgan fingerprint density at radius 2 is 1.70 bits per heavy atom. The Labute approximate surface area is 150 Å². The third kappa shape index (κ3) is 2.76. The van der Waals surface area contributed by atoms with Gasteiger partial charge in [0.05, 0.1) is 17.7 Å². The normalized spacial score (nSPS) is 13.6. The molecule has 0 bridgehead atoms. The van der Waals surface area contributed by atoms with E-state index in [0.717, 1.165) is 19.2 Å². The van der Waals surface area contributed by atoms with Gasteiger partial charge in [0.1, 0.15) is 0 Å². The van der Waals surface area contributed by atoms with Crippen molar-refractivity contribution in [1.29, 1.82) is 0 Å². The van der Waals surface area contributed by atoms with Crippen LogP contribution in [0.25, 0.3) is 0 Å². The Morgan fingerprint density at radius 1 is 1.11 bits per heavy atom. The second kappa shape index (κ2) is 6.37. The summed E-state index contributed by atoms with van der Waals surface area (Å²) in [7, 11) is -4.35. The third-order valence-corrected chi connectivity index (χ3v) is 5.90. The fourth-order valence-corrected chi connectivity index (χ4v) is 4.42. The van der Waals surface area contributed by atoms with Crippen LogP contribution in [0.1, 0.15) is 5.56 Å². The average molecular weight is 406 g/mol. The molecule has 0 N–H and O–H groups in total. The van der Waals surface area contributed by atoms with Crippen molar-refractivity contribution < 1.29 is 35.6 Å². The molecule has 0 unspecified atom stereocenters. The summed E-state index contributed by atoms with van der Waals surface area (Å²) in [5.41, 5.74) is -0.289. The number of halogens is 4. The van der Waals surface area contributed by atoms with Crippen molar-refractivity contribution in [3.63, 3.8) is 0 Å². The molecule has 2 aromatic carbocycles. The molecule has 1 aliphatic heterocycles. The van der Waals surface area contributed by atoms with E-state index >= 15 is 0 Å². The highest BCUT2D eigenvalue weighted by Gasteiger charge is 2.40. The molecule has 12 heteroatoms. The SMILES string of the molecule is COc1c(F)c(F)c(S(=O)(=O)N2CCc3ccc([N+](=O)[O-])cc32)c(F)c1F. The molecule has 3 rings (SSSR count). The molecular weight excluding hydrogens is 396 g/mol. The van der Waals surface area contributed by atoms with Crippen LogP contribution < -0.4 is 9.04 Å². The van der Waals surface area contributed by atoms with Crippen LogP contribution in [0.4, 0.5) is 28.9 Å². The molecule has 27 heavy (non-hydrogen) atoms. The van der Waals surface area contributed by atoms with Crippen LogP contribution >= 0.6 is 0 Å². The highest BCUT2D eigenvalue weighted by molar-refractivity contribution is 7.92. The number of benzene rings is 2. The summed E-state index contributed by atoms with van der Waals surface area (Å²) in [4.78, 5) is 8.28. The predicted octanol–water partition coefficient (Wildman–Crippen LogP) is 2.91. The van der Waals surface area contributed by atoms with Crippen molar-refractivity contribution in [2.24, 2.45) is 0 Å². The Hall–Kier alpha value is -2.89. The standard InChI is InChI=1S/C15H10F4N2O5S/c1-26-14-10(16)12(18)15(13(19)11(14)17)27(24,25)20-5-4-7-2-3-8(21(22)23)6-9(7)20/h2-3,6H,4-5H2,1H3. The molecule has 0 fully saturated rings. The molecule has 0 radical (unpaired) electrons. The number of fused-ring (bicyclic) bond motifs is 1. The lowest BCUT2D eigenvalue weighted by Gasteiger charge is -2.21. The molecule has 0 saturated carbocycles. The number of anilines is 1. The molecule has 0 amide bonds. The summed E-state index contributed by atoms with van der Waals surface area (Å²) in [6, 6.07) is 3.35. The van der Waals surface area contributed by atoms with Crippen molar-refractivity contribution >= 4 is 21.4 Å². The topological polar surface area (TPSA) is 89.8 Å². The number of hydrogen-bond acceptors (Lipinski definition) is 5. The summed E-state index contributed by atoms with van der Waals surface area (Å²) in [6.45, 7) is -0.313. The van der Waals surface area contributed by atoms with E-state index in [4.69, 9.17) is 0 Å². The van der Waals surface area contributed by atoms with Crippen LogP contribution in [0.5, 0.6) is 5.75 Å². The van der Waals surface area contributed by atoms with Crippen molar-refractivity contribution in [1.82, 2.24) is 0 Å². The molecule has 1 aliphatic rings. The van der Waals surface area contributed by atoms with E-state index in [-0.39, 0.29) is 18.7 Å². The van der Waals surface area contributed by atoms with E-state index in [0.29, 0.717) is 9.87 Å². The minimum Gasteiger partial charge on any atom is -0.491 e. The number of nitro groups is 1. The molecule has 0 saturated heterocycles. The number of ether oxygens (including phenoxy) is 1. The first-order valence-corrected chi connectivity index (χ1v) is 8.75. The first-order chi connectivity index (χ1) is 12.6. The molecule has 144 valence electrons. The molecule has 7 nitrogen and oxygen atoms in total. The number of non-ortho nitro benzene ring substituents is 1. The fourth-order valence-electron chi connectivity index (χ4n) is 2.81. The van der Waals surface area contributed by atoms with Gasteiger partial charge in [0.2, 0.25) is 11.6 Å². The van der Waals surface area contributed by atoms with Gasteiger partial charge in [-0.15, -0.1) is 0 Å². The molecular formula is C15H10F4N2O5S. The van der Waals surface area contributed by atoms with Crippen molar-refractivity contribution in [3.8, 4) is 5.75 Å². The fraction of sp³-hybridized carbons (Fsp3) is 0.200. The lowest BCUT2D eigenvalue weighted by molar-refractivity contribution is -0.384. The number of sulfonamides is 1. The lowest BCUT2D eigenvalue weighted by atomic mass is 10.1. The highest BCUT2D eigenvalue weighted by Crippen LogP contribution is 2.39. The zero-order chi connectivity index (χ0) is 20.1. The summed E-state index contributed by atoms with van der Waals surface area (Å²) in [5, 5.41) is 10.9. The number of hydrogen-bond donors (Lipinski definition) is 0. The second-order valence-corrected chi connectivity index (χ2v) is 7.31. The first-order valence-electron chi connectivity index (χ1n) is 7.31. The van der Waals surface area contributed by atoms with Crippen LogP contribution in [0.3, 0.4) is 0 Å². The quantitative estimate of drug-likeness (QED) is 0.337. The smallest absolute Gasteiger partial charge is 0.271 e. The first kappa shape index (κ1) is 18.9. The molecule has 0 spiro atoms. The van der Waals surface area contributed by atoms with Crippen molar-refractivity contribution in [2.75, 3.05) is 18.0 Å². The maximum atomic E-state index is 14.2. The highest BCUT2D eigenvalue weighted by atomic mass is 32.2. The van der Waals surface area contributed by atoms with Gasteiger partial charge in [-0.25, -0.2) is 17.2 Å². The van der Waals surface area contributed by atoms with Gasteiger partial charge in [-0.2, -0.15) is 8.78 Å². The monoisotopic (exact) mass is 406 g/mol. The Morgan fingerprint density at radius 3 is 2.22 bits per heavy atom. The van der Waals surface area contributed by atoms with E-state index in [1.165, 1.54) is 6.07 Å². The number of rotatable bonds is 4. The summed E-state index contributed by atoms with van der Waals surface area (Å²) in [5.74, 6) is -9.71. The zero-order valence-electron chi connectivity index (χ0n) is 13.5. The van der Waals surface area contributed by atoms with E-state index in [1.54, 1.807) is 0 Å². The van der Waals surface area contributed by atoms with E-state index in [9.17, 15) is 36.1 Å². The summed E-state index contributed by atoms with van der Waals surface area (Å²) < 4.78 is 86.5. The Kier molecular flexibility index (Phi) is 4.46. The summed E-state index contributed by atoms with van der Waals surface area (Å²) >= 11 is 0. The van der Waals surface area contributed by atoms with Crippen LogP contribution in [-0.4, -0.2) is 27.0 Å². The molecule has 0 aromatic heterocycles. The Bertz CT molecular complexity index is 1050. The molecule has 1 heterocycles. The van der Waals surface area contributed by atoms with Gasteiger partial charge in [0, 0.05) is 18.7 Å². The second-order valence-electron chi connectivity index (χ2n) is 5.52. The van der Waals surface area contributed by atoms with Gasteiger partial charge < -0.3 is 4.74 Å². The van der Waals surface area contributed by atoms with Gasteiger partial charge in [0.25, 0.3) is 15.7 Å². The minimum absolute atomic E-state index is 0.0942. The number of nitrogens with zero attached hydrogens (tertiary/aromatic N) is 2. The number of nitro benzene ring substituents is 1. The average Bonchev–Trinajstić information content (AvgIpc) is 3.04. The third-order valence-electron chi connectivity index (χ3n) is 4.07. The summed E-state index contributed by atoms with van der Waals surface area (Å²) in [6.07, 6.45) is 0.0942. The lowest BCUT2D eigenvalue weighted by Crippen LogP contribution is -2.31. The number of methoxy groups -OCH3 is 1. The molecule has 2 aromatic rings. The Balaban J connectivity index is 2.22. The van der Waals surface area contributed by atoms with E-state index in [1.807, 2.05) is 0 Å². The van der Waals surface area contributed by atoms with Gasteiger partial charge in [0.15, 0.2) is 22.3 Å². The van der Waals surface area contributed by atoms with Crippen LogP contribution in [0.2, 0.25) is 0 Å². The largest absolute Gasteiger partial charge is 0.491 e. The van der Waals surface area contributed by atoms with Crippen molar-refractivity contribution in [3.05, 3.63) is 57.1 Å². The maximum Gasteiger partial charge on any atom is 0.271 e. The molecule has 0 aliphatic carbocycles. The van der Waals surface area contributed by atoms with Gasteiger partial charge in [-0.1, -0.05) is 6.07 Å².